The summed E-state index contributed by atoms with van der Waals surface area (Å²) in [5.41, 5.74) is 1.48. The minimum absolute atomic E-state index is 0.0333. The smallest absolute Gasteiger partial charge is 0.228 e. The summed E-state index contributed by atoms with van der Waals surface area (Å²) >= 11 is 5.86. The van der Waals surface area contributed by atoms with Gasteiger partial charge in [0.2, 0.25) is 5.91 Å². The molecule has 7 heteroatoms. The Labute approximate surface area is 149 Å². The summed E-state index contributed by atoms with van der Waals surface area (Å²) < 4.78 is 13.5. The molecule has 128 valence electrons. The molecule has 0 radical (unpaired) electrons. The molecule has 0 aliphatic carbocycles. The molecule has 1 amide bonds. The number of carbonyl (C=O) groups excluding carboxylic acids is 1. The first kappa shape index (κ1) is 17.1. The minimum atomic E-state index is -0.342. The Morgan fingerprint density at radius 2 is 1.92 bits per heavy atom. The fourth-order valence-electron chi connectivity index (χ4n) is 2.33. The van der Waals surface area contributed by atoms with E-state index < -0.39 is 0 Å². The lowest BCUT2D eigenvalue weighted by atomic mass is 10.1. The van der Waals surface area contributed by atoms with Gasteiger partial charge < -0.3 is 5.32 Å². The summed E-state index contributed by atoms with van der Waals surface area (Å²) in [4.78, 5) is 16.3. The molecule has 0 saturated carbocycles. The van der Waals surface area contributed by atoms with Gasteiger partial charge in [0.1, 0.15) is 11.6 Å². The number of hydrogen-bond acceptors (Lipinski definition) is 3. The van der Waals surface area contributed by atoms with Gasteiger partial charge in [-0.25, -0.2) is 9.37 Å². The van der Waals surface area contributed by atoms with E-state index in [0.29, 0.717) is 28.7 Å². The van der Waals surface area contributed by atoms with E-state index in [4.69, 9.17) is 11.6 Å². The molecule has 0 aliphatic rings. The van der Waals surface area contributed by atoms with Crippen molar-refractivity contribution in [3.05, 3.63) is 82.1 Å². The van der Waals surface area contributed by atoms with Crippen molar-refractivity contribution in [3.8, 4) is 0 Å². The lowest BCUT2D eigenvalue weighted by Crippen LogP contribution is -2.25. The van der Waals surface area contributed by atoms with Gasteiger partial charge in [0.05, 0.1) is 6.42 Å². The van der Waals surface area contributed by atoms with Gasteiger partial charge in [-0.15, -0.1) is 0 Å². The molecule has 0 atom stereocenters. The van der Waals surface area contributed by atoms with E-state index in [1.54, 1.807) is 18.2 Å². The van der Waals surface area contributed by atoms with Crippen LogP contribution in [0.3, 0.4) is 0 Å². The average Bonchev–Trinajstić information content (AvgIpc) is 3.03. The van der Waals surface area contributed by atoms with Crippen LogP contribution in [0.15, 0.2) is 48.5 Å². The van der Waals surface area contributed by atoms with Crippen LogP contribution in [-0.2, 0) is 24.2 Å². The van der Waals surface area contributed by atoms with Crippen LogP contribution < -0.4 is 5.32 Å². The number of H-pyrrole nitrogens is 1. The van der Waals surface area contributed by atoms with Crippen molar-refractivity contribution in [1.82, 2.24) is 20.5 Å². The topological polar surface area (TPSA) is 70.7 Å². The summed E-state index contributed by atoms with van der Waals surface area (Å²) in [5, 5.41) is 10.2. The number of aromatic amines is 1. The molecule has 0 fully saturated rings. The Hall–Kier alpha value is -2.73. The Morgan fingerprint density at radius 3 is 2.68 bits per heavy atom. The highest BCUT2D eigenvalue weighted by Crippen LogP contribution is 2.12. The normalized spacial score (nSPS) is 10.6. The van der Waals surface area contributed by atoms with E-state index in [2.05, 4.69) is 20.5 Å². The van der Waals surface area contributed by atoms with Crippen molar-refractivity contribution in [2.75, 3.05) is 0 Å². The van der Waals surface area contributed by atoms with E-state index in [1.165, 1.54) is 6.07 Å². The van der Waals surface area contributed by atoms with Crippen molar-refractivity contribution >= 4 is 17.5 Å². The predicted octanol–water partition coefficient (Wildman–Crippen LogP) is 3.05. The van der Waals surface area contributed by atoms with Crippen LogP contribution in [0, 0.1) is 5.82 Å². The second kappa shape index (κ2) is 7.90. The SMILES string of the molecule is O=C(Cc1n[nH]c(Cc2ccc(Cl)cc2)n1)NCc1ccccc1F. The highest BCUT2D eigenvalue weighted by molar-refractivity contribution is 6.30. The summed E-state index contributed by atoms with van der Waals surface area (Å²) in [7, 11) is 0. The first-order valence-corrected chi connectivity index (χ1v) is 8.12. The number of halogens is 2. The number of carbonyl (C=O) groups is 1. The largest absolute Gasteiger partial charge is 0.352 e. The van der Waals surface area contributed by atoms with Gasteiger partial charge in [0, 0.05) is 23.6 Å². The van der Waals surface area contributed by atoms with E-state index in [9.17, 15) is 9.18 Å². The van der Waals surface area contributed by atoms with E-state index in [0.717, 1.165) is 5.56 Å². The third kappa shape index (κ3) is 4.87. The fraction of sp³-hybridized carbons (Fsp3) is 0.167. The Kier molecular flexibility index (Phi) is 5.40. The first-order chi connectivity index (χ1) is 12.1. The Morgan fingerprint density at radius 1 is 1.16 bits per heavy atom. The maximum Gasteiger partial charge on any atom is 0.228 e. The van der Waals surface area contributed by atoms with Crippen LogP contribution in [0.2, 0.25) is 5.02 Å². The zero-order valence-corrected chi connectivity index (χ0v) is 14.1. The maximum absolute atomic E-state index is 13.5. The van der Waals surface area contributed by atoms with Gasteiger partial charge >= 0.3 is 0 Å². The van der Waals surface area contributed by atoms with Gasteiger partial charge in [0.15, 0.2) is 5.82 Å². The highest BCUT2D eigenvalue weighted by atomic mass is 35.5. The average molecular weight is 359 g/mol. The molecule has 1 aromatic heterocycles. The third-order valence-corrected chi connectivity index (χ3v) is 3.87. The number of hydrogen-bond donors (Lipinski definition) is 2. The maximum atomic E-state index is 13.5. The molecular weight excluding hydrogens is 343 g/mol. The molecular formula is C18H16ClFN4O. The fourth-order valence-corrected chi connectivity index (χ4v) is 2.46. The lowest BCUT2D eigenvalue weighted by molar-refractivity contribution is -0.120. The number of aromatic nitrogens is 3. The molecule has 2 aromatic carbocycles. The molecule has 1 heterocycles. The van der Waals surface area contributed by atoms with Crippen LogP contribution in [0.4, 0.5) is 4.39 Å². The Balaban J connectivity index is 1.53. The van der Waals surface area contributed by atoms with Crippen molar-refractivity contribution in [3.63, 3.8) is 0 Å². The monoisotopic (exact) mass is 358 g/mol. The van der Waals surface area contributed by atoms with Crippen LogP contribution in [0.5, 0.6) is 0 Å². The number of nitrogens with one attached hydrogen (secondary N) is 2. The molecule has 0 saturated heterocycles. The van der Waals surface area contributed by atoms with Crippen molar-refractivity contribution in [1.29, 1.82) is 0 Å². The van der Waals surface area contributed by atoms with Crippen LogP contribution in [0.25, 0.3) is 0 Å². The third-order valence-electron chi connectivity index (χ3n) is 3.62. The molecule has 0 spiro atoms. The van der Waals surface area contributed by atoms with Crippen molar-refractivity contribution in [2.24, 2.45) is 0 Å². The second-order valence-electron chi connectivity index (χ2n) is 5.55. The molecule has 5 nitrogen and oxygen atoms in total. The molecule has 3 aromatic rings. The number of rotatable bonds is 6. The van der Waals surface area contributed by atoms with Crippen LogP contribution >= 0.6 is 11.6 Å². The molecule has 3 rings (SSSR count). The molecule has 0 bridgehead atoms. The first-order valence-electron chi connectivity index (χ1n) is 7.75. The molecule has 25 heavy (non-hydrogen) atoms. The second-order valence-corrected chi connectivity index (χ2v) is 5.98. The summed E-state index contributed by atoms with van der Waals surface area (Å²) in [5.74, 6) is 0.459. The van der Waals surface area contributed by atoms with E-state index in [1.807, 2.05) is 24.3 Å². The number of benzene rings is 2. The minimum Gasteiger partial charge on any atom is -0.352 e. The van der Waals surface area contributed by atoms with Gasteiger partial charge in [-0.3, -0.25) is 9.89 Å². The lowest BCUT2D eigenvalue weighted by Gasteiger charge is -2.04. The zero-order valence-electron chi connectivity index (χ0n) is 13.3. The molecule has 2 N–H and O–H groups in total. The standard InChI is InChI=1S/C18H16ClFN4O/c19-14-7-5-12(6-8-14)9-16-22-17(24-23-16)10-18(25)21-11-13-3-1-2-4-15(13)20/h1-8H,9-11H2,(H,21,25)(H,22,23,24). The molecule has 0 unspecified atom stereocenters. The number of nitrogens with zero attached hydrogens (tertiary/aromatic N) is 2. The van der Waals surface area contributed by atoms with Gasteiger partial charge in [-0.2, -0.15) is 5.10 Å². The van der Waals surface area contributed by atoms with Crippen LogP contribution in [0.1, 0.15) is 22.8 Å². The Bertz CT molecular complexity index is 864. The zero-order chi connectivity index (χ0) is 17.6. The van der Waals surface area contributed by atoms with E-state index >= 15 is 0 Å². The summed E-state index contributed by atoms with van der Waals surface area (Å²) in [6.07, 6.45) is 0.604. The number of amides is 1. The van der Waals surface area contributed by atoms with Gasteiger partial charge in [-0.05, 0) is 23.8 Å². The quantitative estimate of drug-likeness (QED) is 0.711. The van der Waals surface area contributed by atoms with Crippen molar-refractivity contribution < 1.29 is 9.18 Å². The van der Waals surface area contributed by atoms with E-state index in [-0.39, 0.29) is 24.7 Å². The molecule has 0 aliphatic heterocycles. The van der Waals surface area contributed by atoms with Crippen LogP contribution in [-0.4, -0.2) is 21.1 Å². The van der Waals surface area contributed by atoms with Crippen molar-refractivity contribution in [2.45, 2.75) is 19.4 Å². The van der Waals surface area contributed by atoms with Gasteiger partial charge in [-0.1, -0.05) is 41.9 Å². The highest BCUT2D eigenvalue weighted by Gasteiger charge is 2.10. The van der Waals surface area contributed by atoms with Gasteiger partial charge in [0.25, 0.3) is 0 Å². The summed E-state index contributed by atoms with van der Waals surface area (Å²) in [6.45, 7) is 0.133. The predicted molar refractivity (Wildman–Crippen MR) is 92.6 cm³/mol. The summed E-state index contributed by atoms with van der Waals surface area (Å²) in [6, 6.07) is 13.8.